The minimum atomic E-state index is -2.63. The molecule has 1 rings (SSSR count). The van der Waals surface area contributed by atoms with Crippen LogP contribution in [0.2, 0.25) is 0 Å². The summed E-state index contributed by atoms with van der Waals surface area (Å²) in [5, 5.41) is 8.30. The Balaban J connectivity index is 2.78. The maximum Gasteiger partial charge on any atom is 0.338 e. The SMILES string of the molecule is O=C(O)C(F)Cc1cccc(C(F)F)c1. The van der Waals surface area contributed by atoms with Crippen LogP contribution in [0.5, 0.6) is 0 Å². The van der Waals surface area contributed by atoms with Crippen LogP contribution in [-0.2, 0) is 11.2 Å². The molecule has 1 unspecified atom stereocenters. The van der Waals surface area contributed by atoms with Crippen LogP contribution in [-0.4, -0.2) is 17.2 Å². The van der Waals surface area contributed by atoms with Crippen molar-refractivity contribution in [1.29, 1.82) is 0 Å². The Kier molecular flexibility index (Phi) is 3.71. The lowest BCUT2D eigenvalue weighted by Gasteiger charge is -2.05. The van der Waals surface area contributed by atoms with Crippen molar-refractivity contribution in [3.8, 4) is 0 Å². The molecule has 0 aliphatic carbocycles. The van der Waals surface area contributed by atoms with Crippen LogP contribution in [0.3, 0.4) is 0 Å². The highest BCUT2D eigenvalue weighted by molar-refractivity contribution is 5.72. The maximum absolute atomic E-state index is 12.8. The monoisotopic (exact) mass is 218 g/mol. The number of carboxylic acids is 1. The van der Waals surface area contributed by atoms with Crippen LogP contribution in [0.15, 0.2) is 24.3 Å². The quantitative estimate of drug-likeness (QED) is 0.843. The van der Waals surface area contributed by atoms with Crippen LogP contribution >= 0.6 is 0 Å². The number of carbonyl (C=O) groups is 1. The van der Waals surface area contributed by atoms with Crippen molar-refractivity contribution < 1.29 is 23.1 Å². The standard InChI is InChI=1S/C10H9F3O2/c11-8(10(14)15)5-6-2-1-3-7(4-6)9(12)13/h1-4,8-9H,5H2,(H,14,15). The van der Waals surface area contributed by atoms with Crippen molar-refractivity contribution in [2.45, 2.75) is 19.0 Å². The Hall–Kier alpha value is -1.52. The van der Waals surface area contributed by atoms with Gasteiger partial charge >= 0.3 is 5.97 Å². The Morgan fingerprint density at radius 2 is 2.00 bits per heavy atom. The summed E-state index contributed by atoms with van der Waals surface area (Å²) in [5.74, 6) is -1.59. The molecule has 0 bridgehead atoms. The van der Waals surface area contributed by atoms with E-state index in [1.54, 1.807) is 0 Å². The first-order valence-corrected chi connectivity index (χ1v) is 4.24. The van der Waals surface area contributed by atoms with Gasteiger partial charge in [0, 0.05) is 12.0 Å². The summed E-state index contributed by atoms with van der Waals surface area (Å²) in [6.07, 6.45) is -5.08. The van der Waals surface area contributed by atoms with E-state index in [9.17, 15) is 18.0 Å². The molecule has 1 aromatic rings. The molecule has 0 saturated carbocycles. The molecule has 1 N–H and O–H groups in total. The Bertz CT molecular complexity index is 352. The summed E-state index contributed by atoms with van der Waals surface area (Å²) >= 11 is 0. The summed E-state index contributed by atoms with van der Waals surface area (Å²) in [7, 11) is 0. The highest BCUT2D eigenvalue weighted by atomic mass is 19.3. The third-order valence-corrected chi connectivity index (χ3v) is 1.89. The van der Waals surface area contributed by atoms with Crippen LogP contribution in [0.1, 0.15) is 17.6 Å². The van der Waals surface area contributed by atoms with E-state index in [1.165, 1.54) is 18.2 Å². The number of alkyl halides is 3. The van der Waals surface area contributed by atoms with Crippen molar-refractivity contribution in [3.05, 3.63) is 35.4 Å². The minimum absolute atomic E-state index is 0.231. The number of halogens is 3. The second kappa shape index (κ2) is 4.82. The third kappa shape index (κ3) is 3.27. The Morgan fingerprint density at radius 1 is 1.33 bits per heavy atom. The molecular weight excluding hydrogens is 209 g/mol. The average molecular weight is 218 g/mol. The zero-order valence-corrected chi connectivity index (χ0v) is 7.66. The van der Waals surface area contributed by atoms with Crippen LogP contribution in [0.25, 0.3) is 0 Å². The van der Waals surface area contributed by atoms with E-state index in [0.29, 0.717) is 0 Å². The molecule has 0 spiro atoms. The minimum Gasteiger partial charge on any atom is -0.479 e. The number of carboxylic acid groups (broad SMARTS) is 1. The fraction of sp³-hybridized carbons (Fsp3) is 0.300. The summed E-state index contributed by atoms with van der Waals surface area (Å²) < 4.78 is 37.2. The van der Waals surface area contributed by atoms with Gasteiger partial charge in [-0.2, -0.15) is 0 Å². The summed E-state index contributed by atoms with van der Waals surface area (Å²) in [6, 6.07) is 5.09. The fourth-order valence-corrected chi connectivity index (χ4v) is 1.15. The molecule has 1 aromatic carbocycles. The third-order valence-electron chi connectivity index (χ3n) is 1.89. The van der Waals surface area contributed by atoms with Gasteiger partial charge in [0.2, 0.25) is 6.17 Å². The predicted molar refractivity (Wildman–Crippen MR) is 47.6 cm³/mol. The van der Waals surface area contributed by atoms with E-state index in [4.69, 9.17) is 5.11 Å². The summed E-state index contributed by atoms with van der Waals surface area (Å²) in [6.45, 7) is 0. The smallest absolute Gasteiger partial charge is 0.338 e. The fourth-order valence-electron chi connectivity index (χ4n) is 1.15. The number of aliphatic carboxylic acids is 1. The maximum atomic E-state index is 12.8. The van der Waals surface area contributed by atoms with E-state index in [-0.39, 0.29) is 11.1 Å². The van der Waals surface area contributed by atoms with Gasteiger partial charge in [0.15, 0.2) is 0 Å². The highest BCUT2D eigenvalue weighted by Gasteiger charge is 2.17. The van der Waals surface area contributed by atoms with Gasteiger partial charge in [0.05, 0.1) is 0 Å². The lowest BCUT2D eigenvalue weighted by Crippen LogP contribution is -2.17. The highest BCUT2D eigenvalue weighted by Crippen LogP contribution is 2.20. The predicted octanol–water partition coefficient (Wildman–Crippen LogP) is 2.59. The summed E-state index contributed by atoms with van der Waals surface area (Å²) in [4.78, 5) is 10.2. The molecule has 0 saturated heterocycles. The molecule has 1 atom stereocenters. The van der Waals surface area contributed by atoms with Crippen molar-refractivity contribution in [2.24, 2.45) is 0 Å². The molecule has 0 aliphatic rings. The van der Waals surface area contributed by atoms with E-state index in [1.807, 2.05) is 0 Å². The average Bonchev–Trinajstić information content (AvgIpc) is 2.18. The van der Waals surface area contributed by atoms with E-state index in [2.05, 4.69) is 0 Å². The first kappa shape index (κ1) is 11.6. The molecule has 15 heavy (non-hydrogen) atoms. The molecule has 2 nitrogen and oxygen atoms in total. The second-order valence-corrected chi connectivity index (χ2v) is 3.06. The molecule has 0 heterocycles. The zero-order chi connectivity index (χ0) is 11.4. The van der Waals surface area contributed by atoms with Gasteiger partial charge < -0.3 is 5.11 Å². The van der Waals surface area contributed by atoms with Gasteiger partial charge in [-0.3, -0.25) is 0 Å². The number of rotatable bonds is 4. The molecule has 0 aromatic heterocycles. The molecule has 0 radical (unpaired) electrons. The Labute approximate surface area is 84.3 Å². The van der Waals surface area contributed by atoms with Crippen molar-refractivity contribution >= 4 is 5.97 Å². The first-order valence-electron chi connectivity index (χ1n) is 4.24. The molecule has 0 fully saturated rings. The first-order chi connectivity index (χ1) is 7.00. The largest absolute Gasteiger partial charge is 0.479 e. The number of benzene rings is 1. The van der Waals surface area contributed by atoms with E-state index >= 15 is 0 Å². The van der Waals surface area contributed by atoms with E-state index in [0.717, 1.165) is 6.07 Å². The van der Waals surface area contributed by atoms with Gasteiger partial charge in [-0.25, -0.2) is 18.0 Å². The zero-order valence-electron chi connectivity index (χ0n) is 7.66. The van der Waals surface area contributed by atoms with Gasteiger partial charge in [-0.1, -0.05) is 24.3 Å². The number of hydrogen-bond acceptors (Lipinski definition) is 1. The lowest BCUT2D eigenvalue weighted by molar-refractivity contribution is -0.142. The second-order valence-electron chi connectivity index (χ2n) is 3.06. The van der Waals surface area contributed by atoms with Crippen molar-refractivity contribution in [2.75, 3.05) is 0 Å². The normalized spacial score (nSPS) is 12.8. The Morgan fingerprint density at radius 3 is 2.53 bits per heavy atom. The van der Waals surface area contributed by atoms with Crippen LogP contribution in [0.4, 0.5) is 13.2 Å². The molecular formula is C10H9F3O2. The van der Waals surface area contributed by atoms with Gasteiger partial charge in [0.25, 0.3) is 6.43 Å². The van der Waals surface area contributed by atoms with Crippen molar-refractivity contribution in [3.63, 3.8) is 0 Å². The lowest BCUT2D eigenvalue weighted by atomic mass is 10.1. The topological polar surface area (TPSA) is 37.3 Å². The van der Waals surface area contributed by atoms with Crippen LogP contribution in [0, 0.1) is 0 Å². The van der Waals surface area contributed by atoms with Crippen LogP contribution < -0.4 is 0 Å². The molecule has 82 valence electrons. The molecule has 0 amide bonds. The number of hydrogen-bond donors (Lipinski definition) is 1. The molecule has 5 heteroatoms. The summed E-state index contributed by atoms with van der Waals surface area (Å²) in [5.41, 5.74) is 0.0211. The van der Waals surface area contributed by atoms with Gasteiger partial charge in [0.1, 0.15) is 0 Å². The molecule has 0 aliphatic heterocycles. The van der Waals surface area contributed by atoms with Gasteiger partial charge in [-0.15, -0.1) is 0 Å². The van der Waals surface area contributed by atoms with E-state index < -0.39 is 25.0 Å². The van der Waals surface area contributed by atoms with Gasteiger partial charge in [-0.05, 0) is 5.56 Å². The van der Waals surface area contributed by atoms with Crippen molar-refractivity contribution in [1.82, 2.24) is 0 Å².